The van der Waals surface area contributed by atoms with Crippen molar-refractivity contribution in [2.75, 3.05) is 12.3 Å². The van der Waals surface area contributed by atoms with Crippen LogP contribution in [0.1, 0.15) is 31.0 Å². The Kier molecular flexibility index (Phi) is 3.87. The van der Waals surface area contributed by atoms with Gasteiger partial charge >= 0.3 is 0 Å². The number of aryl methyl sites for hydroxylation is 1. The summed E-state index contributed by atoms with van der Waals surface area (Å²) in [6.07, 6.45) is 4.64. The Balaban J connectivity index is 1.77. The van der Waals surface area contributed by atoms with Gasteiger partial charge in [-0.2, -0.15) is 11.8 Å². The van der Waals surface area contributed by atoms with Crippen molar-refractivity contribution in [2.45, 2.75) is 38.0 Å². The minimum Gasteiger partial charge on any atom is -0.310 e. The summed E-state index contributed by atoms with van der Waals surface area (Å²) < 4.78 is 0.449. The van der Waals surface area contributed by atoms with Gasteiger partial charge in [-0.25, -0.2) is 0 Å². The van der Waals surface area contributed by atoms with Gasteiger partial charge in [-0.15, -0.1) is 0 Å². The molecule has 1 aliphatic rings. The minimum absolute atomic E-state index is 0.449. The molecule has 1 aliphatic heterocycles. The highest BCUT2D eigenvalue weighted by Crippen LogP contribution is 2.36. The molecule has 1 unspecified atom stereocenters. The van der Waals surface area contributed by atoms with Gasteiger partial charge in [0.25, 0.3) is 0 Å². The molecule has 0 aromatic carbocycles. The molecule has 1 N–H and O–H groups in total. The molecular weight excluding hydrogens is 216 g/mol. The monoisotopic (exact) mass is 236 g/mol. The first kappa shape index (κ1) is 11.9. The molecule has 2 rings (SSSR count). The lowest BCUT2D eigenvalue weighted by Crippen LogP contribution is -2.32. The maximum Gasteiger partial charge on any atom is 0.0541 e. The van der Waals surface area contributed by atoms with Crippen molar-refractivity contribution in [3.63, 3.8) is 0 Å². The predicted molar refractivity (Wildman–Crippen MR) is 70.8 cm³/mol. The molecule has 0 spiro atoms. The van der Waals surface area contributed by atoms with Crippen LogP contribution in [0.5, 0.6) is 0 Å². The molecule has 1 atom stereocenters. The van der Waals surface area contributed by atoms with E-state index >= 15 is 0 Å². The SMILES string of the molecule is Cc1ccc(CNCC2(C)CCCS2)nc1. The first-order valence-electron chi connectivity index (χ1n) is 5.94. The van der Waals surface area contributed by atoms with Gasteiger partial charge in [0.05, 0.1) is 5.69 Å². The van der Waals surface area contributed by atoms with Crippen LogP contribution >= 0.6 is 11.8 Å². The van der Waals surface area contributed by atoms with Crippen molar-refractivity contribution < 1.29 is 0 Å². The Hall–Kier alpha value is -0.540. The lowest BCUT2D eigenvalue weighted by atomic mass is 10.1. The predicted octanol–water partition coefficient (Wildman–Crippen LogP) is 2.77. The summed E-state index contributed by atoms with van der Waals surface area (Å²) in [6, 6.07) is 4.22. The minimum atomic E-state index is 0.449. The highest BCUT2D eigenvalue weighted by molar-refractivity contribution is 8.00. The van der Waals surface area contributed by atoms with E-state index in [2.05, 4.69) is 48.0 Å². The molecule has 2 heterocycles. The second-order valence-corrected chi connectivity index (χ2v) is 6.51. The number of rotatable bonds is 4. The Morgan fingerprint density at radius 3 is 3.00 bits per heavy atom. The standard InChI is InChI=1S/C13H20N2S/c1-11-4-5-12(15-8-11)9-14-10-13(2)6-3-7-16-13/h4-5,8,14H,3,6-7,9-10H2,1-2H3. The summed E-state index contributed by atoms with van der Waals surface area (Å²) in [5, 5.41) is 3.52. The quantitative estimate of drug-likeness (QED) is 0.870. The molecule has 0 saturated carbocycles. The van der Waals surface area contributed by atoms with Gasteiger partial charge < -0.3 is 5.32 Å². The van der Waals surface area contributed by atoms with Crippen LogP contribution in [0.2, 0.25) is 0 Å². The Morgan fingerprint density at radius 2 is 2.38 bits per heavy atom. The zero-order chi connectivity index (χ0) is 11.4. The first-order chi connectivity index (χ1) is 7.68. The number of aromatic nitrogens is 1. The molecule has 0 aliphatic carbocycles. The van der Waals surface area contributed by atoms with Crippen molar-refractivity contribution in [1.29, 1.82) is 0 Å². The zero-order valence-electron chi connectivity index (χ0n) is 10.1. The summed E-state index contributed by atoms with van der Waals surface area (Å²) >= 11 is 2.10. The van der Waals surface area contributed by atoms with Crippen molar-refractivity contribution in [2.24, 2.45) is 0 Å². The van der Waals surface area contributed by atoms with Crippen LogP contribution in [0.25, 0.3) is 0 Å². The van der Waals surface area contributed by atoms with Gasteiger partial charge in [0.2, 0.25) is 0 Å². The van der Waals surface area contributed by atoms with E-state index in [-0.39, 0.29) is 0 Å². The largest absolute Gasteiger partial charge is 0.310 e. The normalized spacial score (nSPS) is 24.9. The molecule has 88 valence electrons. The summed E-state index contributed by atoms with van der Waals surface area (Å²) in [6.45, 7) is 6.41. The third kappa shape index (κ3) is 3.22. The van der Waals surface area contributed by atoms with E-state index in [0.29, 0.717) is 4.75 Å². The lowest BCUT2D eigenvalue weighted by Gasteiger charge is -2.22. The van der Waals surface area contributed by atoms with Gasteiger partial charge in [-0.1, -0.05) is 6.07 Å². The summed E-state index contributed by atoms with van der Waals surface area (Å²) in [4.78, 5) is 4.40. The average molecular weight is 236 g/mol. The number of thioether (sulfide) groups is 1. The second kappa shape index (κ2) is 5.19. The van der Waals surface area contributed by atoms with Crippen molar-refractivity contribution >= 4 is 11.8 Å². The molecule has 0 bridgehead atoms. The van der Waals surface area contributed by atoms with Gasteiger partial charge in [0.15, 0.2) is 0 Å². The number of nitrogens with one attached hydrogen (secondary N) is 1. The fourth-order valence-electron chi connectivity index (χ4n) is 2.03. The number of hydrogen-bond donors (Lipinski definition) is 1. The summed E-state index contributed by atoms with van der Waals surface area (Å²) in [7, 11) is 0. The Labute approximate surface area is 102 Å². The van der Waals surface area contributed by atoms with Crippen LogP contribution in [0.15, 0.2) is 18.3 Å². The fourth-order valence-corrected chi connectivity index (χ4v) is 3.31. The van der Waals surface area contributed by atoms with Crippen LogP contribution in [0.3, 0.4) is 0 Å². The second-order valence-electron chi connectivity index (χ2n) is 4.83. The van der Waals surface area contributed by atoms with Crippen molar-refractivity contribution in [3.05, 3.63) is 29.6 Å². The van der Waals surface area contributed by atoms with Crippen molar-refractivity contribution in [1.82, 2.24) is 10.3 Å². The van der Waals surface area contributed by atoms with Crippen LogP contribution in [-0.2, 0) is 6.54 Å². The third-order valence-electron chi connectivity index (χ3n) is 3.08. The third-order valence-corrected chi connectivity index (χ3v) is 4.62. The molecule has 3 heteroatoms. The van der Waals surface area contributed by atoms with Crippen LogP contribution in [0.4, 0.5) is 0 Å². The maximum absolute atomic E-state index is 4.40. The van der Waals surface area contributed by atoms with Gasteiger partial charge in [0.1, 0.15) is 0 Å². The number of pyridine rings is 1. The molecule has 1 fully saturated rings. The molecule has 0 radical (unpaired) electrons. The van der Waals surface area contributed by atoms with E-state index < -0.39 is 0 Å². The Morgan fingerprint density at radius 1 is 1.50 bits per heavy atom. The molecule has 1 aromatic rings. The highest BCUT2D eigenvalue weighted by atomic mass is 32.2. The highest BCUT2D eigenvalue weighted by Gasteiger charge is 2.28. The summed E-state index contributed by atoms with van der Waals surface area (Å²) in [5.41, 5.74) is 2.36. The van der Waals surface area contributed by atoms with E-state index in [1.54, 1.807) is 0 Å². The van der Waals surface area contributed by atoms with Gasteiger partial charge in [-0.3, -0.25) is 4.98 Å². The summed E-state index contributed by atoms with van der Waals surface area (Å²) in [5.74, 6) is 1.32. The Bertz CT molecular complexity index is 328. The van der Waals surface area contributed by atoms with Crippen LogP contribution in [-0.4, -0.2) is 22.0 Å². The average Bonchev–Trinajstić information content (AvgIpc) is 2.69. The van der Waals surface area contributed by atoms with E-state index in [1.165, 1.54) is 24.2 Å². The first-order valence-corrected chi connectivity index (χ1v) is 6.93. The molecule has 16 heavy (non-hydrogen) atoms. The number of hydrogen-bond acceptors (Lipinski definition) is 3. The van der Waals surface area contributed by atoms with E-state index in [0.717, 1.165) is 18.8 Å². The van der Waals surface area contributed by atoms with Gasteiger partial charge in [-0.05, 0) is 44.1 Å². The van der Waals surface area contributed by atoms with E-state index in [4.69, 9.17) is 0 Å². The van der Waals surface area contributed by atoms with Gasteiger partial charge in [0, 0.05) is 24.0 Å². The topological polar surface area (TPSA) is 24.9 Å². The maximum atomic E-state index is 4.40. The fraction of sp³-hybridized carbons (Fsp3) is 0.615. The van der Waals surface area contributed by atoms with E-state index in [9.17, 15) is 0 Å². The van der Waals surface area contributed by atoms with E-state index in [1.807, 2.05) is 6.20 Å². The number of nitrogens with zero attached hydrogens (tertiary/aromatic N) is 1. The molecule has 0 amide bonds. The molecule has 1 aromatic heterocycles. The zero-order valence-corrected chi connectivity index (χ0v) is 10.9. The smallest absolute Gasteiger partial charge is 0.0541 e. The van der Waals surface area contributed by atoms with Crippen molar-refractivity contribution in [3.8, 4) is 0 Å². The molecule has 1 saturated heterocycles. The molecule has 2 nitrogen and oxygen atoms in total. The molecular formula is C13H20N2S. The van der Waals surface area contributed by atoms with Crippen LogP contribution in [0, 0.1) is 6.92 Å². The lowest BCUT2D eigenvalue weighted by molar-refractivity contribution is 0.534. The van der Waals surface area contributed by atoms with Crippen LogP contribution < -0.4 is 5.32 Å².